The lowest BCUT2D eigenvalue weighted by Gasteiger charge is -2.25. The first-order chi connectivity index (χ1) is 18.4. The number of amidine groups is 1. The molecule has 5 rings (SSSR count). The van der Waals surface area contributed by atoms with Gasteiger partial charge in [0.2, 0.25) is 0 Å². The Bertz CT molecular complexity index is 1480. The van der Waals surface area contributed by atoms with Gasteiger partial charge in [0, 0.05) is 24.2 Å². The van der Waals surface area contributed by atoms with Gasteiger partial charge in [-0.1, -0.05) is 73.3 Å². The van der Waals surface area contributed by atoms with E-state index in [-0.39, 0.29) is 11.7 Å². The van der Waals surface area contributed by atoms with Gasteiger partial charge >= 0.3 is 6.09 Å². The number of hydrogen-bond donors (Lipinski definition) is 2. The highest BCUT2D eigenvalue weighted by atomic mass is 35.5. The average Bonchev–Trinajstić information content (AvgIpc) is 3.27. The topological polar surface area (TPSA) is 129 Å². The number of methoxy groups -OCH3 is 1. The summed E-state index contributed by atoms with van der Waals surface area (Å²) in [6, 6.07) is 17.2. The van der Waals surface area contributed by atoms with Crippen molar-refractivity contribution in [2.24, 2.45) is 16.6 Å². The van der Waals surface area contributed by atoms with E-state index in [0.29, 0.717) is 28.1 Å². The first kappa shape index (κ1) is 25.8. The van der Waals surface area contributed by atoms with Gasteiger partial charge in [-0.15, -0.1) is 0 Å². The van der Waals surface area contributed by atoms with Gasteiger partial charge in [-0.2, -0.15) is 4.99 Å². The number of aromatic nitrogens is 4. The van der Waals surface area contributed by atoms with Gasteiger partial charge in [-0.25, -0.2) is 19.7 Å². The number of carbonyl (C=O) groups is 1. The Kier molecular flexibility index (Phi) is 7.67. The molecule has 1 atom stereocenters. The second-order valence-electron chi connectivity index (χ2n) is 9.47. The predicted molar refractivity (Wildman–Crippen MR) is 146 cm³/mol. The smallest absolute Gasteiger partial charge is 0.433 e. The monoisotopic (exact) mass is 532 g/mol. The number of amides is 1. The quantitative estimate of drug-likeness (QED) is 0.226. The second-order valence-corrected chi connectivity index (χ2v) is 9.91. The van der Waals surface area contributed by atoms with Gasteiger partial charge in [-0.3, -0.25) is 0 Å². The van der Waals surface area contributed by atoms with E-state index in [9.17, 15) is 4.79 Å². The van der Waals surface area contributed by atoms with E-state index < -0.39 is 12.2 Å². The van der Waals surface area contributed by atoms with E-state index in [4.69, 9.17) is 37.1 Å². The molecule has 0 aliphatic heterocycles. The number of aliphatic imine (C=N–C) groups is 1. The van der Waals surface area contributed by atoms with Crippen LogP contribution in [0.25, 0.3) is 22.4 Å². The van der Waals surface area contributed by atoms with Gasteiger partial charge in [0.05, 0.1) is 0 Å². The van der Waals surface area contributed by atoms with E-state index in [1.807, 2.05) is 42.5 Å². The molecular weight excluding hydrogens is 504 g/mol. The summed E-state index contributed by atoms with van der Waals surface area (Å²) >= 11 is 6.36. The number of hydrogen-bond acceptors (Lipinski definition) is 5. The van der Waals surface area contributed by atoms with Gasteiger partial charge in [0.1, 0.15) is 23.1 Å². The normalized spacial score (nSPS) is 15.6. The van der Waals surface area contributed by atoms with Crippen LogP contribution < -0.4 is 5.73 Å². The maximum atomic E-state index is 11.2. The molecule has 1 aliphatic carbocycles. The summed E-state index contributed by atoms with van der Waals surface area (Å²) in [5, 5.41) is 9.71. The molecule has 4 aromatic rings. The third-order valence-corrected chi connectivity index (χ3v) is 7.15. The van der Waals surface area contributed by atoms with Crippen LogP contribution in [0.4, 0.5) is 4.79 Å². The molecule has 0 saturated heterocycles. The van der Waals surface area contributed by atoms with Gasteiger partial charge in [-0.05, 0) is 36.5 Å². The van der Waals surface area contributed by atoms with Crippen LogP contribution in [-0.4, -0.2) is 43.7 Å². The fourth-order valence-electron chi connectivity index (χ4n) is 5.19. The van der Waals surface area contributed by atoms with Crippen molar-refractivity contribution in [1.82, 2.24) is 19.5 Å². The van der Waals surface area contributed by atoms with E-state index in [2.05, 4.69) is 14.5 Å². The molecule has 0 radical (unpaired) electrons. The molecular formula is C28H29ClN6O3. The van der Waals surface area contributed by atoms with Gasteiger partial charge in [0.25, 0.3) is 0 Å². The van der Waals surface area contributed by atoms with Crippen LogP contribution in [0.1, 0.15) is 55.4 Å². The molecule has 196 valence electrons. The third kappa shape index (κ3) is 5.39. The highest BCUT2D eigenvalue weighted by Crippen LogP contribution is 2.35. The minimum absolute atomic E-state index is 0.0163. The second kappa shape index (κ2) is 11.3. The maximum Gasteiger partial charge on any atom is 0.433 e. The molecule has 1 fully saturated rings. The summed E-state index contributed by atoms with van der Waals surface area (Å²) < 4.78 is 8.16. The SMILES string of the molecule is COC(c1ccccc1)c1nc2nc(/C(N)=N/C(=O)O)nc(-c3cccc(Cl)c3)c2n1CC1CCCCC1. The van der Waals surface area contributed by atoms with Crippen molar-refractivity contribution in [3.63, 3.8) is 0 Å². The number of rotatable bonds is 7. The number of nitrogens with two attached hydrogens (primary N) is 1. The van der Waals surface area contributed by atoms with Crippen LogP contribution in [0.2, 0.25) is 5.02 Å². The number of carboxylic acid groups (broad SMARTS) is 1. The lowest BCUT2D eigenvalue weighted by atomic mass is 9.89. The molecule has 3 N–H and O–H groups in total. The summed E-state index contributed by atoms with van der Waals surface area (Å²) in [6.45, 7) is 0.730. The van der Waals surface area contributed by atoms with E-state index in [0.717, 1.165) is 36.0 Å². The zero-order valence-electron chi connectivity index (χ0n) is 21.0. The Morgan fingerprint density at radius 1 is 1.13 bits per heavy atom. The number of nitrogens with zero attached hydrogens (tertiary/aromatic N) is 5. The number of halogens is 1. The lowest BCUT2D eigenvalue weighted by Crippen LogP contribution is -2.20. The molecule has 1 amide bonds. The minimum atomic E-state index is -1.43. The molecule has 9 nitrogen and oxygen atoms in total. The molecule has 2 heterocycles. The largest absolute Gasteiger partial charge is 0.463 e. The van der Waals surface area contributed by atoms with Crippen LogP contribution in [-0.2, 0) is 11.3 Å². The van der Waals surface area contributed by atoms with Crippen molar-refractivity contribution in [1.29, 1.82) is 0 Å². The number of ether oxygens (including phenoxy) is 1. The zero-order valence-corrected chi connectivity index (χ0v) is 21.8. The molecule has 1 unspecified atom stereocenters. The Morgan fingerprint density at radius 2 is 1.89 bits per heavy atom. The summed E-state index contributed by atoms with van der Waals surface area (Å²) in [5.74, 6) is 0.844. The molecule has 2 aromatic carbocycles. The Hall–Kier alpha value is -3.82. The van der Waals surface area contributed by atoms with Crippen molar-refractivity contribution in [3.05, 3.63) is 76.8 Å². The average molecular weight is 533 g/mol. The molecule has 0 spiro atoms. The van der Waals surface area contributed by atoms with Crippen LogP contribution in [0.15, 0.2) is 59.6 Å². The molecule has 2 aromatic heterocycles. The first-order valence-corrected chi connectivity index (χ1v) is 13.0. The van der Waals surface area contributed by atoms with E-state index in [1.165, 1.54) is 19.3 Å². The Labute approximate surface area is 225 Å². The van der Waals surface area contributed by atoms with Crippen molar-refractivity contribution in [3.8, 4) is 11.3 Å². The van der Waals surface area contributed by atoms with Crippen molar-refractivity contribution in [2.45, 2.75) is 44.8 Å². The Balaban J connectivity index is 1.79. The highest BCUT2D eigenvalue weighted by molar-refractivity contribution is 6.30. The molecule has 10 heteroatoms. The van der Waals surface area contributed by atoms with Crippen LogP contribution in [0, 0.1) is 5.92 Å². The Morgan fingerprint density at radius 3 is 2.58 bits per heavy atom. The van der Waals surface area contributed by atoms with Crippen molar-refractivity contribution < 1.29 is 14.6 Å². The molecule has 38 heavy (non-hydrogen) atoms. The van der Waals surface area contributed by atoms with Crippen LogP contribution in [0.3, 0.4) is 0 Å². The van der Waals surface area contributed by atoms with Gasteiger partial charge < -0.3 is 20.1 Å². The summed E-state index contributed by atoms with van der Waals surface area (Å²) in [7, 11) is 1.66. The predicted octanol–water partition coefficient (Wildman–Crippen LogP) is 5.85. The lowest BCUT2D eigenvalue weighted by molar-refractivity contribution is 0.124. The summed E-state index contributed by atoms with van der Waals surface area (Å²) in [6.07, 6.45) is 4.03. The molecule has 1 aliphatic rings. The van der Waals surface area contributed by atoms with E-state index >= 15 is 0 Å². The summed E-state index contributed by atoms with van der Waals surface area (Å²) in [4.78, 5) is 28.9. The number of imidazole rings is 1. The van der Waals surface area contributed by atoms with Crippen LogP contribution >= 0.6 is 11.6 Å². The van der Waals surface area contributed by atoms with Gasteiger partial charge in [0.15, 0.2) is 17.3 Å². The number of fused-ring (bicyclic) bond motifs is 1. The highest BCUT2D eigenvalue weighted by Gasteiger charge is 2.28. The molecule has 1 saturated carbocycles. The van der Waals surface area contributed by atoms with E-state index in [1.54, 1.807) is 19.2 Å². The summed E-state index contributed by atoms with van der Waals surface area (Å²) in [5.41, 5.74) is 9.34. The minimum Gasteiger partial charge on any atom is -0.463 e. The third-order valence-electron chi connectivity index (χ3n) is 6.91. The zero-order chi connectivity index (χ0) is 26.6. The number of benzene rings is 2. The first-order valence-electron chi connectivity index (χ1n) is 12.6. The fraction of sp³-hybridized carbons (Fsp3) is 0.321. The maximum absolute atomic E-state index is 11.2. The molecule has 0 bridgehead atoms. The fourth-order valence-corrected chi connectivity index (χ4v) is 5.38. The van der Waals surface area contributed by atoms with Crippen molar-refractivity contribution >= 4 is 34.7 Å². The van der Waals surface area contributed by atoms with Crippen molar-refractivity contribution in [2.75, 3.05) is 7.11 Å². The standard InChI is InChI=1S/C28H29ClN6O3/c1-38-23(18-11-6-3-7-12-18)27-34-25-22(35(27)16-17-9-4-2-5-10-17)21(19-13-8-14-20(29)15-19)31-26(33-25)24(30)32-28(36)37/h3,6-8,11-15,17,23H,2,4-5,9-10,16H2,1H3,(H2,30,32)(H,36,37). The van der Waals surface area contributed by atoms with Crippen LogP contribution in [0.5, 0.6) is 0 Å².